The molecule has 0 amide bonds. The van der Waals surface area contributed by atoms with Crippen LogP contribution in [0.25, 0.3) is 0 Å². The number of carbonyl (C=O) groups excluding carboxylic acids is 1. The van der Waals surface area contributed by atoms with Gasteiger partial charge in [-0.15, -0.1) is 0 Å². The van der Waals surface area contributed by atoms with Crippen molar-refractivity contribution in [1.82, 2.24) is 0 Å². The smallest absolute Gasteiger partial charge is 0.534 e. The van der Waals surface area contributed by atoms with E-state index in [1.54, 1.807) is 26.6 Å². The topological polar surface area (TPSA) is 69.7 Å². The maximum atomic E-state index is 12.7. The van der Waals surface area contributed by atoms with Gasteiger partial charge in [-0.05, 0) is 44.6 Å². The second kappa shape index (κ2) is 6.31. The second-order valence-electron chi connectivity index (χ2n) is 6.79. The summed E-state index contributed by atoms with van der Waals surface area (Å²) < 4.78 is 71.3. The van der Waals surface area contributed by atoms with Crippen molar-refractivity contribution in [3.8, 4) is 11.5 Å². The Bertz CT molecular complexity index is 797. The number of hydrogen-bond donors (Lipinski definition) is 0. The molecule has 0 N–H and O–H groups in total. The van der Waals surface area contributed by atoms with Crippen LogP contribution in [0.15, 0.2) is 12.1 Å². The Morgan fingerprint density at radius 2 is 1.84 bits per heavy atom. The van der Waals surface area contributed by atoms with E-state index in [0.29, 0.717) is 6.42 Å². The van der Waals surface area contributed by atoms with Gasteiger partial charge in [-0.25, -0.2) is 0 Å². The minimum Gasteiger partial charge on any atom is -0.542 e. The zero-order chi connectivity index (χ0) is 19.2. The van der Waals surface area contributed by atoms with Gasteiger partial charge in [0, 0.05) is 17.0 Å². The molecule has 2 rings (SSSR count). The van der Waals surface area contributed by atoms with E-state index in [4.69, 9.17) is 4.43 Å². The van der Waals surface area contributed by atoms with Gasteiger partial charge in [-0.1, -0.05) is 6.92 Å². The van der Waals surface area contributed by atoms with Crippen LogP contribution in [0.3, 0.4) is 0 Å². The molecule has 1 unspecified atom stereocenters. The van der Waals surface area contributed by atoms with Crippen LogP contribution in [0, 0.1) is 5.92 Å². The molecule has 0 aliphatic heterocycles. The molecule has 0 aromatic heterocycles. The van der Waals surface area contributed by atoms with E-state index >= 15 is 0 Å². The normalized spacial score (nSPS) is 18.2. The third-order valence-electron chi connectivity index (χ3n) is 3.70. The molecule has 0 bridgehead atoms. The fourth-order valence-corrected chi connectivity index (χ4v) is 3.90. The summed E-state index contributed by atoms with van der Waals surface area (Å²) in [6.45, 7) is 7.16. The molecule has 5 nitrogen and oxygen atoms in total. The molecular formula is C15H19F3O5SSi. The SMILES string of the molecule is CCC1Cc2c(ccc(O[Si](C)(C)C)c2OS(=O)(=O)C(F)(F)F)C1=O. The van der Waals surface area contributed by atoms with E-state index in [9.17, 15) is 26.4 Å². The Balaban J connectivity index is 2.61. The van der Waals surface area contributed by atoms with Crippen LogP contribution >= 0.6 is 0 Å². The molecule has 1 aromatic carbocycles. The Hall–Kier alpha value is -1.55. The summed E-state index contributed by atoms with van der Waals surface area (Å²) in [6.07, 6.45) is 0.611. The number of fused-ring (bicyclic) bond motifs is 1. The van der Waals surface area contributed by atoms with Crippen molar-refractivity contribution in [2.75, 3.05) is 0 Å². The molecule has 0 heterocycles. The number of halogens is 3. The highest BCUT2D eigenvalue weighted by atomic mass is 32.2. The van der Waals surface area contributed by atoms with E-state index in [-0.39, 0.29) is 29.1 Å². The number of ketones is 1. The molecule has 1 aliphatic carbocycles. The van der Waals surface area contributed by atoms with Gasteiger partial charge in [0.05, 0.1) is 0 Å². The summed E-state index contributed by atoms with van der Waals surface area (Å²) in [5.41, 5.74) is -5.23. The van der Waals surface area contributed by atoms with Crippen LogP contribution in [0.4, 0.5) is 13.2 Å². The lowest BCUT2D eigenvalue weighted by atomic mass is 10.0. The van der Waals surface area contributed by atoms with Gasteiger partial charge < -0.3 is 8.61 Å². The predicted octanol–water partition coefficient (Wildman–Crippen LogP) is 3.89. The molecule has 1 atom stereocenters. The number of rotatable bonds is 5. The molecule has 1 aliphatic rings. The van der Waals surface area contributed by atoms with Crippen LogP contribution in [-0.2, 0) is 16.5 Å². The summed E-state index contributed by atoms with van der Waals surface area (Å²) in [5.74, 6) is -1.25. The van der Waals surface area contributed by atoms with Crippen molar-refractivity contribution in [1.29, 1.82) is 0 Å². The number of hydrogen-bond acceptors (Lipinski definition) is 5. The summed E-state index contributed by atoms with van der Waals surface area (Å²) in [6, 6.07) is 2.75. The molecule has 0 spiro atoms. The highest BCUT2D eigenvalue weighted by Crippen LogP contribution is 2.43. The van der Waals surface area contributed by atoms with Gasteiger partial charge in [0.2, 0.25) is 8.32 Å². The minimum absolute atomic E-state index is 0.0877. The first-order valence-corrected chi connectivity index (χ1v) is 12.5. The van der Waals surface area contributed by atoms with Crippen LogP contribution in [0.5, 0.6) is 11.5 Å². The molecular weight excluding hydrogens is 377 g/mol. The molecule has 0 radical (unpaired) electrons. The Labute approximate surface area is 145 Å². The number of Topliss-reactive ketones (excluding diaryl/α,β-unsaturated/α-hetero) is 1. The Morgan fingerprint density at radius 1 is 1.24 bits per heavy atom. The van der Waals surface area contributed by atoms with Gasteiger partial charge in [-0.2, -0.15) is 21.6 Å². The number of benzene rings is 1. The van der Waals surface area contributed by atoms with Crippen LogP contribution < -0.4 is 8.61 Å². The van der Waals surface area contributed by atoms with Crippen molar-refractivity contribution in [3.63, 3.8) is 0 Å². The van der Waals surface area contributed by atoms with Gasteiger partial charge in [-0.3, -0.25) is 4.79 Å². The summed E-state index contributed by atoms with van der Waals surface area (Å²) in [5, 5.41) is 0. The standard InChI is InChI=1S/C15H19F3O5SSi/c1-5-9-8-11-10(13(9)19)6-7-12(23-25(2,3)4)14(11)22-24(20,21)15(16,17)18/h6-7,9H,5,8H2,1-4H3. The van der Waals surface area contributed by atoms with Crippen molar-refractivity contribution >= 4 is 24.2 Å². The van der Waals surface area contributed by atoms with Gasteiger partial charge >= 0.3 is 15.6 Å². The van der Waals surface area contributed by atoms with Gasteiger partial charge in [0.1, 0.15) is 5.75 Å². The largest absolute Gasteiger partial charge is 0.542 e. The molecule has 25 heavy (non-hydrogen) atoms. The molecule has 0 saturated carbocycles. The van der Waals surface area contributed by atoms with E-state index in [1.807, 2.05) is 0 Å². The van der Waals surface area contributed by atoms with Crippen molar-refractivity contribution < 1.29 is 35.0 Å². The molecule has 0 saturated heterocycles. The zero-order valence-electron chi connectivity index (χ0n) is 14.2. The third-order valence-corrected chi connectivity index (χ3v) is 5.48. The van der Waals surface area contributed by atoms with Crippen LogP contribution in [0.2, 0.25) is 19.6 Å². The van der Waals surface area contributed by atoms with Crippen LogP contribution in [-0.4, -0.2) is 28.0 Å². The third kappa shape index (κ3) is 4.00. The lowest BCUT2D eigenvalue weighted by Gasteiger charge is -2.23. The highest BCUT2D eigenvalue weighted by Gasteiger charge is 2.50. The monoisotopic (exact) mass is 396 g/mol. The highest BCUT2D eigenvalue weighted by molar-refractivity contribution is 7.88. The predicted molar refractivity (Wildman–Crippen MR) is 87.8 cm³/mol. The van der Waals surface area contributed by atoms with Gasteiger partial charge in [0.25, 0.3) is 0 Å². The lowest BCUT2D eigenvalue weighted by Crippen LogP contribution is -2.31. The summed E-state index contributed by atoms with van der Waals surface area (Å²) in [4.78, 5) is 12.3. The number of alkyl halides is 3. The quantitative estimate of drug-likeness (QED) is 0.429. The van der Waals surface area contributed by atoms with Crippen molar-refractivity contribution in [3.05, 3.63) is 23.3 Å². The maximum absolute atomic E-state index is 12.7. The zero-order valence-corrected chi connectivity index (χ0v) is 16.0. The first-order chi connectivity index (χ1) is 11.3. The average molecular weight is 396 g/mol. The van der Waals surface area contributed by atoms with E-state index < -0.39 is 35.6 Å². The van der Waals surface area contributed by atoms with Crippen molar-refractivity contribution in [2.24, 2.45) is 5.92 Å². The fourth-order valence-electron chi connectivity index (χ4n) is 2.59. The second-order valence-corrected chi connectivity index (χ2v) is 12.8. The number of carbonyl (C=O) groups is 1. The van der Waals surface area contributed by atoms with E-state index in [1.165, 1.54) is 12.1 Å². The molecule has 1 aromatic rings. The Morgan fingerprint density at radius 3 is 2.32 bits per heavy atom. The summed E-state index contributed by atoms with van der Waals surface area (Å²) >= 11 is 0. The van der Waals surface area contributed by atoms with E-state index in [2.05, 4.69) is 4.18 Å². The molecule has 0 fully saturated rings. The fraction of sp³-hybridized carbons (Fsp3) is 0.533. The first kappa shape index (κ1) is 19.8. The van der Waals surface area contributed by atoms with Gasteiger partial charge in [0.15, 0.2) is 11.5 Å². The lowest BCUT2D eigenvalue weighted by molar-refractivity contribution is -0.0500. The minimum atomic E-state index is -5.87. The summed E-state index contributed by atoms with van der Waals surface area (Å²) in [7, 11) is -8.13. The van der Waals surface area contributed by atoms with Crippen LogP contribution in [0.1, 0.15) is 29.3 Å². The average Bonchev–Trinajstić information content (AvgIpc) is 2.75. The van der Waals surface area contributed by atoms with E-state index in [0.717, 1.165) is 0 Å². The Kier molecular flexibility index (Phi) is 4.99. The molecule has 10 heteroatoms. The maximum Gasteiger partial charge on any atom is 0.534 e. The first-order valence-electron chi connectivity index (χ1n) is 7.66. The van der Waals surface area contributed by atoms with Crippen molar-refractivity contribution in [2.45, 2.75) is 44.9 Å². The molecule has 140 valence electrons.